The van der Waals surface area contributed by atoms with Gasteiger partial charge < -0.3 is 4.90 Å². The van der Waals surface area contributed by atoms with Gasteiger partial charge in [0.1, 0.15) is 11.6 Å². The minimum atomic E-state index is 0.211. The van der Waals surface area contributed by atoms with E-state index >= 15 is 0 Å². The Hall–Kier alpha value is -2.65. The lowest BCUT2D eigenvalue weighted by Crippen LogP contribution is -2.21. The number of halogens is 1. The Morgan fingerprint density at radius 2 is 1.88 bits per heavy atom. The highest BCUT2D eigenvalue weighted by Gasteiger charge is 2.28. The van der Waals surface area contributed by atoms with Gasteiger partial charge >= 0.3 is 0 Å². The van der Waals surface area contributed by atoms with Crippen LogP contribution in [0.15, 0.2) is 46.9 Å². The maximum Gasteiger partial charge on any atom is 0.142 e. The molecule has 2 heterocycles. The van der Waals surface area contributed by atoms with E-state index in [0.29, 0.717) is 5.56 Å². The number of anilines is 2. The molecule has 4 rings (SSSR count). The first kappa shape index (κ1) is 15.9. The highest BCUT2D eigenvalue weighted by atomic mass is 79.9. The van der Waals surface area contributed by atoms with Gasteiger partial charge in [-0.05, 0) is 49.4 Å². The average molecular weight is 394 g/mol. The Kier molecular flexibility index (Phi) is 3.81. The Bertz CT molecular complexity index is 984. The highest BCUT2D eigenvalue weighted by molar-refractivity contribution is 9.10. The quantitative estimate of drug-likeness (QED) is 0.611. The molecule has 0 amide bonds. The summed E-state index contributed by atoms with van der Waals surface area (Å²) in [6.07, 6.45) is 0. The van der Waals surface area contributed by atoms with Gasteiger partial charge in [-0.3, -0.25) is 4.57 Å². The van der Waals surface area contributed by atoms with Crippen molar-refractivity contribution in [3.8, 4) is 11.8 Å². The van der Waals surface area contributed by atoms with Crippen LogP contribution < -0.4 is 4.90 Å². The predicted octanol–water partition coefficient (Wildman–Crippen LogP) is 4.47. The standard InChI is InChI=1S/C19H16BrN5/c1-12-11-24(16-6-3-14(10-21)4-7-16)18-9-15(20)5-8-17(18)25-13(2)22-23-19(12)25/h3-9,12H,11H2,1-2H3/t12-/m1/s1. The fraction of sp³-hybridized carbons (Fsp3) is 0.211. The molecule has 0 aliphatic carbocycles. The van der Waals surface area contributed by atoms with Crippen molar-refractivity contribution in [2.75, 3.05) is 11.4 Å². The minimum absolute atomic E-state index is 0.211. The zero-order valence-corrected chi connectivity index (χ0v) is 15.5. The van der Waals surface area contributed by atoms with Gasteiger partial charge in [0.25, 0.3) is 0 Å². The van der Waals surface area contributed by atoms with Crippen molar-refractivity contribution in [1.29, 1.82) is 5.26 Å². The van der Waals surface area contributed by atoms with E-state index in [-0.39, 0.29) is 5.92 Å². The zero-order valence-electron chi connectivity index (χ0n) is 13.9. The molecule has 124 valence electrons. The molecule has 0 N–H and O–H groups in total. The van der Waals surface area contributed by atoms with Crippen LogP contribution in [0.4, 0.5) is 11.4 Å². The van der Waals surface area contributed by atoms with Gasteiger partial charge in [0, 0.05) is 22.6 Å². The van der Waals surface area contributed by atoms with E-state index < -0.39 is 0 Å². The van der Waals surface area contributed by atoms with E-state index in [1.54, 1.807) is 0 Å². The second-order valence-corrected chi connectivity index (χ2v) is 7.16. The second-order valence-electron chi connectivity index (χ2n) is 6.24. The first-order chi connectivity index (χ1) is 12.1. The molecule has 0 radical (unpaired) electrons. The third kappa shape index (κ3) is 2.61. The van der Waals surface area contributed by atoms with Gasteiger partial charge in [0.2, 0.25) is 0 Å². The number of hydrogen-bond acceptors (Lipinski definition) is 4. The summed E-state index contributed by atoms with van der Waals surface area (Å²) in [4.78, 5) is 2.28. The molecule has 0 saturated carbocycles. The maximum atomic E-state index is 9.05. The second kappa shape index (κ2) is 6.01. The molecule has 0 saturated heterocycles. The molecule has 6 heteroatoms. The number of nitrogens with zero attached hydrogens (tertiary/aromatic N) is 5. The summed E-state index contributed by atoms with van der Waals surface area (Å²) in [5.41, 5.74) is 3.87. The van der Waals surface area contributed by atoms with E-state index in [1.807, 2.05) is 37.3 Å². The van der Waals surface area contributed by atoms with Crippen LogP contribution in [0.5, 0.6) is 0 Å². The summed E-state index contributed by atoms with van der Waals surface area (Å²) >= 11 is 3.59. The SMILES string of the molecule is Cc1nnc2n1-c1ccc(Br)cc1N(c1ccc(C#N)cc1)C[C@H]2C. The topological polar surface area (TPSA) is 57.7 Å². The normalized spacial score (nSPS) is 15.9. The molecule has 25 heavy (non-hydrogen) atoms. The molecule has 0 bridgehead atoms. The lowest BCUT2D eigenvalue weighted by Gasteiger charge is -2.26. The van der Waals surface area contributed by atoms with Crippen molar-refractivity contribution in [3.05, 3.63) is 64.1 Å². The smallest absolute Gasteiger partial charge is 0.142 e. The third-order valence-electron chi connectivity index (χ3n) is 4.52. The van der Waals surface area contributed by atoms with Crippen LogP contribution in [0.2, 0.25) is 0 Å². The van der Waals surface area contributed by atoms with Crippen molar-refractivity contribution >= 4 is 27.3 Å². The molecular formula is C19H16BrN5. The summed E-state index contributed by atoms with van der Waals surface area (Å²) in [5, 5.41) is 17.7. The largest absolute Gasteiger partial charge is 0.339 e. The Labute approximate surface area is 154 Å². The summed E-state index contributed by atoms with van der Waals surface area (Å²) < 4.78 is 3.16. The molecule has 0 spiro atoms. The molecule has 1 aliphatic heterocycles. The van der Waals surface area contributed by atoms with Crippen molar-refractivity contribution in [2.45, 2.75) is 19.8 Å². The Morgan fingerprint density at radius 1 is 1.12 bits per heavy atom. The summed E-state index contributed by atoms with van der Waals surface area (Å²) in [6.45, 7) is 4.93. The predicted molar refractivity (Wildman–Crippen MR) is 100 cm³/mol. The fourth-order valence-electron chi connectivity index (χ4n) is 3.31. The van der Waals surface area contributed by atoms with Crippen molar-refractivity contribution in [1.82, 2.24) is 14.8 Å². The van der Waals surface area contributed by atoms with E-state index in [0.717, 1.165) is 39.7 Å². The van der Waals surface area contributed by atoms with Crippen molar-refractivity contribution in [2.24, 2.45) is 0 Å². The molecule has 0 unspecified atom stereocenters. The minimum Gasteiger partial charge on any atom is -0.339 e. The molecule has 0 fully saturated rings. The Balaban J connectivity index is 1.93. The lowest BCUT2D eigenvalue weighted by atomic mass is 10.1. The number of benzene rings is 2. The summed E-state index contributed by atoms with van der Waals surface area (Å²) in [6, 6.07) is 16.1. The summed E-state index contributed by atoms with van der Waals surface area (Å²) in [7, 11) is 0. The summed E-state index contributed by atoms with van der Waals surface area (Å²) in [5.74, 6) is 2.06. The monoisotopic (exact) mass is 393 g/mol. The number of aromatic nitrogens is 3. The van der Waals surface area contributed by atoms with E-state index in [2.05, 4.69) is 60.7 Å². The first-order valence-electron chi connectivity index (χ1n) is 8.08. The van der Waals surface area contributed by atoms with Gasteiger partial charge in [0.05, 0.1) is 23.0 Å². The van der Waals surface area contributed by atoms with Crippen LogP contribution in [0.1, 0.15) is 30.1 Å². The van der Waals surface area contributed by atoms with Gasteiger partial charge in [-0.2, -0.15) is 5.26 Å². The molecule has 1 atom stereocenters. The number of fused-ring (bicyclic) bond motifs is 3. The van der Waals surface area contributed by atoms with Gasteiger partial charge in [0.15, 0.2) is 0 Å². The maximum absolute atomic E-state index is 9.05. The molecule has 1 aliphatic rings. The number of aryl methyl sites for hydroxylation is 1. The molecule has 3 aromatic rings. The van der Waals surface area contributed by atoms with E-state index in [1.165, 1.54) is 0 Å². The van der Waals surface area contributed by atoms with Crippen LogP contribution in [0, 0.1) is 18.3 Å². The molecule has 5 nitrogen and oxygen atoms in total. The Morgan fingerprint density at radius 3 is 2.60 bits per heavy atom. The van der Waals surface area contributed by atoms with Gasteiger partial charge in [-0.15, -0.1) is 10.2 Å². The van der Waals surface area contributed by atoms with Crippen LogP contribution in [-0.4, -0.2) is 21.3 Å². The van der Waals surface area contributed by atoms with Crippen molar-refractivity contribution < 1.29 is 0 Å². The van der Waals surface area contributed by atoms with Gasteiger partial charge in [-0.1, -0.05) is 22.9 Å². The lowest BCUT2D eigenvalue weighted by molar-refractivity contribution is 0.696. The first-order valence-corrected chi connectivity index (χ1v) is 8.87. The highest BCUT2D eigenvalue weighted by Crippen LogP contribution is 2.39. The van der Waals surface area contributed by atoms with E-state index in [9.17, 15) is 0 Å². The molecule has 1 aromatic heterocycles. The van der Waals surface area contributed by atoms with E-state index in [4.69, 9.17) is 5.26 Å². The van der Waals surface area contributed by atoms with Crippen LogP contribution >= 0.6 is 15.9 Å². The molecule has 2 aromatic carbocycles. The average Bonchev–Trinajstić information content (AvgIpc) is 2.95. The fourth-order valence-corrected chi connectivity index (χ4v) is 3.66. The number of rotatable bonds is 1. The number of hydrogen-bond donors (Lipinski definition) is 0. The van der Waals surface area contributed by atoms with Gasteiger partial charge in [-0.25, -0.2) is 0 Å². The van der Waals surface area contributed by atoms with Crippen LogP contribution in [0.25, 0.3) is 5.69 Å². The van der Waals surface area contributed by atoms with Crippen LogP contribution in [-0.2, 0) is 0 Å². The number of nitriles is 1. The molecular weight excluding hydrogens is 378 g/mol. The third-order valence-corrected chi connectivity index (χ3v) is 5.02. The van der Waals surface area contributed by atoms with Crippen LogP contribution in [0.3, 0.4) is 0 Å². The zero-order chi connectivity index (χ0) is 17.6. The van der Waals surface area contributed by atoms with Crippen molar-refractivity contribution in [3.63, 3.8) is 0 Å².